The number of rotatable bonds is 2. The summed E-state index contributed by atoms with van der Waals surface area (Å²) in [4.78, 5) is 15.2. The summed E-state index contributed by atoms with van der Waals surface area (Å²) in [7, 11) is 1.56. The maximum atomic E-state index is 11.0. The van der Waals surface area contributed by atoms with E-state index in [2.05, 4.69) is 10.3 Å². The molecule has 0 radical (unpaired) electrons. The molecule has 0 aliphatic carbocycles. The van der Waals surface area contributed by atoms with Crippen LogP contribution < -0.4 is 10.1 Å². The third-order valence-electron chi connectivity index (χ3n) is 2.20. The summed E-state index contributed by atoms with van der Waals surface area (Å²) in [6, 6.07) is 9.55. The van der Waals surface area contributed by atoms with Crippen LogP contribution in [0, 0.1) is 0 Å². The van der Waals surface area contributed by atoms with Gasteiger partial charge in [-0.25, -0.2) is 0 Å². The fourth-order valence-electron chi connectivity index (χ4n) is 1.57. The van der Waals surface area contributed by atoms with Crippen molar-refractivity contribution in [2.24, 2.45) is 0 Å². The van der Waals surface area contributed by atoms with Gasteiger partial charge in [-0.05, 0) is 17.5 Å². The van der Waals surface area contributed by atoms with E-state index in [9.17, 15) is 4.79 Å². The van der Waals surface area contributed by atoms with Crippen LogP contribution in [0.2, 0.25) is 0 Å². The number of amides is 1. The highest BCUT2D eigenvalue weighted by Gasteiger charge is 2.06. The van der Waals surface area contributed by atoms with E-state index in [4.69, 9.17) is 4.74 Å². The molecule has 1 N–H and O–H groups in total. The molecule has 0 saturated heterocycles. The van der Waals surface area contributed by atoms with Gasteiger partial charge in [-0.15, -0.1) is 0 Å². The lowest BCUT2D eigenvalue weighted by molar-refractivity contribution is -0.114. The molecule has 1 aromatic carbocycles. The van der Waals surface area contributed by atoms with E-state index in [0.717, 1.165) is 10.8 Å². The molecule has 0 atom stereocenters. The van der Waals surface area contributed by atoms with Crippen LogP contribution in [0.5, 0.6) is 5.88 Å². The summed E-state index contributed by atoms with van der Waals surface area (Å²) in [5, 5.41) is 4.56. The van der Waals surface area contributed by atoms with Gasteiger partial charge in [0.15, 0.2) is 0 Å². The van der Waals surface area contributed by atoms with Crippen LogP contribution in [0.4, 0.5) is 5.82 Å². The predicted molar refractivity (Wildman–Crippen MR) is 62.6 cm³/mol. The Morgan fingerprint density at radius 3 is 2.81 bits per heavy atom. The van der Waals surface area contributed by atoms with E-state index in [0.29, 0.717) is 11.7 Å². The molecule has 1 heterocycles. The lowest BCUT2D eigenvalue weighted by Gasteiger charge is -2.07. The van der Waals surface area contributed by atoms with E-state index in [1.54, 1.807) is 7.11 Å². The van der Waals surface area contributed by atoms with Gasteiger partial charge in [-0.3, -0.25) is 4.79 Å². The average Bonchev–Trinajstić information content (AvgIpc) is 2.27. The van der Waals surface area contributed by atoms with Crippen molar-refractivity contribution in [2.45, 2.75) is 6.92 Å². The Kier molecular flexibility index (Phi) is 2.72. The van der Waals surface area contributed by atoms with Crippen LogP contribution in [0.1, 0.15) is 6.92 Å². The molecule has 16 heavy (non-hydrogen) atoms. The molecule has 82 valence electrons. The fraction of sp³-hybridized carbons (Fsp3) is 0.167. The topological polar surface area (TPSA) is 51.2 Å². The van der Waals surface area contributed by atoms with Crippen LogP contribution in [0.15, 0.2) is 30.3 Å². The number of hydrogen-bond donors (Lipinski definition) is 1. The van der Waals surface area contributed by atoms with Crippen molar-refractivity contribution in [2.75, 3.05) is 12.4 Å². The first-order valence-electron chi connectivity index (χ1n) is 4.92. The maximum Gasteiger partial charge on any atom is 0.223 e. The average molecular weight is 216 g/mol. The molecule has 0 spiro atoms. The van der Waals surface area contributed by atoms with Gasteiger partial charge in [0.05, 0.1) is 7.11 Å². The Bertz CT molecular complexity index is 538. The molecule has 4 heteroatoms. The first-order valence-corrected chi connectivity index (χ1v) is 4.92. The van der Waals surface area contributed by atoms with Gasteiger partial charge in [-0.1, -0.05) is 18.2 Å². The minimum Gasteiger partial charge on any atom is -0.480 e. The van der Waals surface area contributed by atoms with Crippen molar-refractivity contribution in [3.63, 3.8) is 0 Å². The van der Waals surface area contributed by atoms with E-state index >= 15 is 0 Å². The molecule has 0 aliphatic rings. The molecule has 0 unspecified atom stereocenters. The molecule has 0 fully saturated rings. The zero-order valence-electron chi connectivity index (χ0n) is 9.15. The maximum absolute atomic E-state index is 11.0. The standard InChI is InChI=1S/C12H12N2O2/c1-8(15)13-11-7-9-5-3-4-6-10(9)12(14-11)16-2/h3-7H,1-2H3,(H,13,14,15). The largest absolute Gasteiger partial charge is 0.480 e. The Labute approximate surface area is 93.3 Å². The smallest absolute Gasteiger partial charge is 0.223 e. The van der Waals surface area contributed by atoms with Crippen molar-refractivity contribution in [1.82, 2.24) is 4.98 Å². The molecule has 2 aromatic rings. The number of pyridine rings is 1. The summed E-state index contributed by atoms with van der Waals surface area (Å²) in [5.74, 6) is 0.870. The molecule has 0 bridgehead atoms. The van der Waals surface area contributed by atoms with Crippen LogP contribution in [0.3, 0.4) is 0 Å². The molecule has 0 saturated carbocycles. The third-order valence-corrected chi connectivity index (χ3v) is 2.20. The van der Waals surface area contributed by atoms with Crippen LogP contribution in [0.25, 0.3) is 10.8 Å². The van der Waals surface area contributed by atoms with E-state index in [-0.39, 0.29) is 5.91 Å². The molecule has 1 amide bonds. The number of methoxy groups -OCH3 is 1. The van der Waals surface area contributed by atoms with E-state index < -0.39 is 0 Å². The number of carbonyl (C=O) groups excluding carboxylic acids is 1. The van der Waals surface area contributed by atoms with E-state index in [1.807, 2.05) is 30.3 Å². The SMILES string of the molecule is COc1nc(NC(C)=O)cc2ccccc12. The normalized spacial score (nSPS) is 10.1. The molecular weight excluding hydrogens is 204 g/mol. The quantitative estimate of drug-likeness (QED) is 0.837. The van der Waals surface area contributed by atoms with E-state index in [1.165, 1.54) is 6.92 Å². The number of hydrogen-bond acceptors (Lipinski definition) is 3. The summed E-state index contributed by atoms with van der Waals surface area (Å²) >= 11 is 0. The summed E-state index contributed by atoms with van der Waals surface area (Å²) in [5.41, 5.74) is 0. The summed E-state index contributed by atoms with van der Waals surface area (Å²) in [6.07, 6.45) is 0. The highest BCUT2D eigenvalue weighted by Crippen LogP contribution is 2.25. The zero-order chi connectivity index (χ0) is 11.5. The molecule has 2 rings (SSSR count). The lowest BCUT2D eigenvalue weighted by Crippen LogP contribution is -2.07. The molecular formula is C12H12N2O2. The molecule has 0 aliphatic heterocycles. The van der Waals surface area contributed by atoms with Crippen molar-refractivity contribution in [3.8, 4) is 5.88 Å². The second-order valence-corrected chi connectivity index (χ2v) is 3.42. The number of nitrogens with zero attached hydrogens (tertiary/aromatic N) is 1. The van der Waals surface area contributed by atoms with Gasteiger partial charge >= 0.3 is 0 Å². The Morgan fingerprint density at radius 2 is 2.12 bits per heavy atom. The van der Waals surface area contributed by atoms with Crippen molar-refractivity contribution < 1.29 is 9.53 Å². The number of nitrogens with one attached hydrogen (secondary N) is 1. The summed E-state index contributed by atoms with van der Waals surface area (Å²) < 4.78 is 5.19. The van der Waals surface area contributed by atoms with Gasteiger partial charge in [0, 0.05) is 12.3 Å². The first kappa shape index (κ1) is 10.4. The van der Waals surface area contributed by atoms with Crippen molar-refractivity contribution in [3.05, 3.63) is 30.3 Å². The van der Waals surface area contributed by atoms with Gasteiger partial charge in [-0.2, -0.15) is 4.98 Å². The minimum atomic E-state index is -0.148. The van der Waals surface area contributed by atoms with Gasteiger partial charge in [0.25, 0.3) is 0 Å². The summed E-state index contributed by atoms with van der Waals surface area (Å²) in [6.45, 7) is 1.45. The Hall–Kier alpha value is -2.10. The number of carbonyl (C=O) groups is 1. The molecule has 4 nitrogen and oxygen atoms in total. The number of benzene rings is 1. The lowest BCUT2D eigenvalue weighted by atomic mass is 10.1. The number of anilines is 1. The second-order valence-electron chi connectivity index (χ2n) is 3.42. The van der Waals surface area contributed by atoms with Gasteiger partial charge in [0.1, 0.15) is 5.82 Å². The highest BCUT2D eigenvalue weighted by molar-refractivity contribution is 5.93. The first-order chi connectivity index (χ1) is 7.70. The van der Waals surface area contributed by atoms with Crippen LogP contribution in [-0.4, -0.2) is 18.0 Å². The van der Waals surface area contributed by atoms with Crippen LogP contribution in [-0.2, 0) is 4.79 Å². The third kappa shape index (κ3) is 1.95. The van der Waals surface area contributed by atoms with Gasteiger partial charge < -0.3 is 10.1 Å². The predicted octanol–water partition coefficient (Wildman–Crippen LogP) is 2.20. The molecule has 1 aromatic heterocycles. The second kappa shape index (κ2) is 4.18. The number of fused-ring (bicyclic) bond motifs is 1. The van der Waals surface area contributed by atoms with Crippen molar-refractivity contribution in [1.29, 1.82) is 0 Å². The number of aromatic nitrogens is 1. The van der Waals surface area contributed by atoms with Gasteiger partial charge in [0.2, 0.25) is 11.8 Å². The highest BCUT2D eigenvalue weighted by atomic mass is 16.5. The Balaban J connectivity index is 2.58. The van der Waals surface area contributed by atoms with Crippen molar-refractivity contribution >= 4 is 22.5 Å². The zero-order valence-corrected chi connectivity index (χ0v) is 9.15. The van der Waals surface area contributed by atoms with Crippen LogP contribution >= 0.6 is 0 Å². The number of ether oxygens (including phenoxy) is 1. The fourth-order valence-corrected chi connectivity index (χ4v) is 1.57. The minimum absolute atomic E-state index is 0.148. The monoisotopic (exact) mass is 216 g/mol. The Morgan fingerprint density at radius 1 is 1.38 bits per heavy atom.